The van der Waals surface area contributed by atoms with Crippen LogP contribution in [0.2, 0.25) is 0 Å². The zero-order chi connectivity index (χ0) is 18.4. The monoisotopic (exact) mass is 372 g/mol. The van der Waals surface area contributed by atoms with E-state index in [2.05, 4.69) is 46.4 Å². The van der Waals surface area contributed by atoms with Crippen LogP contribution in [-0.2, 0) is 6.54 Å². The van der Waals surface area contributed by atoms with E-state index in [0.29, 0.717) is 18.5 Å². The third kappa shape index (κ3) is 4.77. The fourth-order valence-electron chi connectivity index (χ4n) is 3.36. The Morgan fingerprint density at radius 3 is 2.85 bits per heavy atom. The molecule has 2 aromatic rings. The van der Waals surface area contributed by atoms with Crippen molar-refractivity contribution in [1.29, 1.82) is 0 Å². The minimum atomic E-state index is 0.535. The first-order valence-electron chi connectivity index (χ1n) is 9.20. The van der Waals surface area contributed by atoms with Crippen molar-refractivity contribution in [3.8, 4) is 16.2 Å². The molecule has 0 saturated carbocycles. The SMILES string of the molecule is CCN1CCCC1CNC(N)=NCc1ccc(-c2ccc(OC)cc2)s1. The third-order valence-electron chi connectivity index (χ3n) is 4.87. The summed E-state index contributed by atoms with van der Waals surface area (Å²) in [6.45, 7) is 6.01. The number of nitrogens with one attached hydrogen (secondary N) is 1. The van der Waals surface area contributed by atoms with Crippen LogP contribution in [0.5, 0.6) is 5.75 Å². The summed E-state index contributed by atoms with van der Waals surface area (Å²) in [7, 11) is 1.68. The maximum Gasteiger partial charge on any atom is 0.189 e. The van der Waals surface area contributed by atoms with Gasteiger partial charge in [0.1, 0.15) is 5.75 Å². The van der Waals surface area contributed by atoms with Gasteiger partial charge in [0, 0.05) is 22.3 Å². The van der Waals surface area contributed by atoms with E-state index in [1.165, 1.54) is 34.7 Å². The smallest absolute Gasteiger partial charge is 0.189 e. The van der Waals surface area contributed by atoms with Gasteiger partial charge in [0.15, 0.2) is 5.96 Å². The Morgan fingerprint density at radius 1 is 1.31 bits per heavy atom. The summed E-state index contributed by atoms with van der Waals surface area (Å²) >= 11 is 1.75. The van der Waals surface area contributed by atoms with Crippen LogP contribution in [0.25, 0.3) is 10.4 Å². The molecule has 1 saturated heterocycles. The molecule has 1 aliphatic heterocycles. The van der Waals surface area contributed by atoms with Gasteiger partial charge in [-0.2, -0.15) is 0 Å². The Morgan fingerprint density at radius 2 is 2.12 bits per heavy atom. The minimum Gasteiger partial charge on any atom is -0.497 e. The van der Waals surface area contributed by atoms with Crippen molar-refractivity contribution in [1.82, 2.24) is 10.2 Å². The van der Waals surface area contributed by atoms with Gasteiger partial charge in [-0.15, -0.1) is 11.3 Å². The molecule has 1 aromatic carbocycles. The highest BCUT2D eigenvalue weighted by Crippen LogP contribution is 2.29. The normalized spacial score (nSPS) is 18.2. The van der Waals surface area contributed by atoms with E-state index in [1.807, 2.05) is 12.1 Å². The maximum absolute atomic E-state index is 6.05. The Labute approximate surface area is 159 Å². The molecule has 1 aliphatic rings. The van der Waals surface area contributed by atoms with Gasteiger partial charge in [-0.25, -0.2) is 4.99 Å². The Bertz CT molecular complexity index is 726. The summed E-state index contributed by atoms with van der Waals surface area (Å²) in [5.74, 6) is 1.41. The zero-order valence-electron chi connectivity index (χ0n) is 15.6. The largest absolute Gasteiger partial charge is 0.497 e. The number of hydrogen-bond acceptors (Lipinski definition) is 4. The first-order chi connectivity index (χ1) is 12.7. The van der Waals surface area contributed by atoms with Crippen molar-refractivity contribution < 1.29 is 4.74 Å². The number of benzene rings is 1. The van der Waals surface area contributed by atoms with Gasteiger partial charge in [0.25, 0.3) is 0 Å². The highest BCUT2D eigenvalue weighted by atomic mass is 32.1. The lowest BCUT2D eigenvalue weighted by molar-refractivity contribution is 0.267. The summed E-state index contributed by atoms with van der Waals surface area (Å²) in [6, 6.07) is 13.0. The van der Waals surface area contributed by atoms with E-state index in [4.69, 9.17) is 10.5 Å². The van der Waals surface area contributed by atoms with Gasteiger partial charge in [0.2, 0.25) is 0 Å². The number of likely N-dealkylation sites (N-methyl/N-ethyl adjacent to an activating group) is 1. The molecular formula is C20H28N4OS. The minimum absolute atomic E-state index is 0.535. The number of likely N-dealkylation sites (tertiary alicyclic amines) is 1. The molecule has 3 rings (SSSR count). The standard InChI is InChI=1S/C20H28N4OS/c1-3-24-12-4-5-16(24)13-22-20(21)23-14-18-10-11-19(26-18)15-6-8-17(25-2)9-7-15/h6-11,16H,3-5,12-14H2,1-2H3,(H3,21,22,23). The second-order valence-electron chi connectivity index (χ2n) is 6.50. The average molecular weight is 373 g/mol. The van der Waals surface area contributed by atoms with E-state index >= 15 is 0 Å². The van der Waals surface area contributed by atoms with E-state index in [-0.39, 0.29) is 0 Å². The van der Waals surface area contributed by atoms with Crippen LogP contribution in [0.1, 0.15) is 24.6 Å². The summed E-state index contributed by atoms with van der Waals surface area (Å²) in [6.07, 6.45) is 2.52. The molecule has 1 fully saturated rings. The summed E-state index contributed by atoms with van der Waals surface area (Å²) in [5.41, 5.74) is 7.24. The number of aliphatic imine (C=N–C) groups is 1. The number of guanidine groups is 1. The average Bonchev–Trinajstić information content (AvgIpc) is 3.33. The molecule has 26 heavy (non-hydrogen) atoms. The van der Waals surface area contributed by atoms with E-state index in [1.54, 1.807) is 18.4 Å². The van der Waals surface area contributed by atoms with Crippen molar-refractivity contribution >= 4 is 17.3 Å². The Hall–Kier alpha value is -2.05. The highest BCUT2D eigenvalue weighted by molar-refractivity contribution is 7.15. The van der Waals surface area contributed by atoms with Crippen LogP contribution in [0.15, 0.2) is 41.4 Å². The third-order valence-corrected chi connectivity index (χ3v) is 5.98. The molecule has 0 spiro atoms. The lowest BCUT2D eigenvalue weighted by Gasteiger charge is -2.23. The molecule has 0 aliphatic carbocycles. The summed E-state index contributed by atoms with van der Waals surface area (Å²) < 4.78 is 5.21. The number of rotatable bonds is 7. The molecule has 5 nitrogen and oxygen atoms in total. The van der Waals surface area contributed by atoms with Crippen molar-refractivity contribution in [3.05, 3.63) is 41.3 Å². The van der Waals surface area contributed by atoms with E-state index in [0.717, 1.165) is 18.8 Å². The van der Waals surface area contributed by atoms with Crippen molar-refractivity contribution in [3.63, 3.8) is 0 Å². The fraction of sp³-hybridized carbons (Fsp3) is 0.450. The second kappa shape index (κ2) is 9.05. The molecule has 1 atom stereocenters. The quantitative estimate of drug-likeness (QED) is 0.578. The molecule has 0 radical (unpaired) electrons. The first kappa shape index (κ1) is 18.7. The number of thiophene rings is 1. The van der Waals surface area contributed by atoms with Gasteiger partial charge in [-0.3, -0.25) is 4.90 Å². The predicted octanol–water partition coefficient (Wildman–Crippen LogP) is 3.31. The molecular weight excluding hydrogens is 344 g/mol. The number of ether oxygens (including phenoxy) is 1. The Kier molecular flexibility index (Phi) is 6.52. The molecule has 3 N–H and O–H groups in total. The predicted molar refractivity (Wildman–Crippen MR) is 110 cm³/mol. The van der Waals surface area contributed by atoms with Crippen LogP contribution in [0, 0.1) is 0 Å². The van der Waals surface area contributed by atoms with Crippen molar-refractivity contribution in [2.75, 3.05) is 26.7 Å². The van der Waals surface area contributed by atoms with Crippen molar-refractivity contribution in [2.45, 2.75) is 32.4 Å². The van der Waals surface area contributed by atoms with Gasteiger partial charge < -0.3 is 15.8 Å². The van der Waals surface area contributed by atoms with Crippen LogP contribution in [0.4, 0.5) is 0 Å². The zero-order valence-corrected chi connectivity index (χ0v) is 16.4. The summed E-state index contributed by atoms with van der Waals surface area (Å²) in [4.78, 5) is 9.43. The lowest BCUT2D eigenvalue weighted by atomic mass is 10.2. The number of hydrogen-bond donors (Lipinski definition) is 2. The number of nitrogens with zero attached hydrogens (tertiary/aromatic N) is 2. The fourth-order valence-corrected chi connectivity index (χ4v) is 4.29. The number of nitrogens with two attached hydrogens (primary N) is 1. The molecule has 6 heteroatoms. The van der Waals surface area contributed by atoms with Gasteiger partial charge in [0.05, 0.1) is 13.7 Å². The lowest BCUT2D eigenvalue weighted by Crippen LogP contribution is -2.42. The molecule has 2 heterocycles. The van der Waals surface area contributed by atoms with Crippen LogP contribution in [-0.4, -0.2) is 43.6 Å². The van der Waals surface area contributed by atoms with E-state index in [9.17, 15) is 0 Å². The molecule has 0 amide bonds. The number of methoxy groups -OCH3 is 1. The molecule has 1 aromatic heterocycles. The molecule has 140 valence electrons. The van der Waals surface area contributed by atoms with E-state index < -0.39 is 0 Å². The first-order valence-corrected chi connectivity index (χ1v) is 10.0. The molecule has 0 bridgehead atoms. The maximum atomic E-state index is 6.05. The van der Waals surface area contributed by atoms with Crippen LogP contribution < -0.4 is 15.8 Å². The van der Waals surface area contributed by atoms with Crippen LogP contribution in [0.3, 0.4) is 0 Å². The molecule has 1 unspecified atom stereocenters. The second-order valence-corrected chi connectivity index (χ2v) is 7.67. The van der Waals surface area contributed by atoms with Crippen LogP contribution >= 0.6 is 11.3 Å². The highest BCUT2D eigenvalue weighted by Gasteiger charge is 2.22. The van der Waals surface area contributed by atoms with Crippen molar-refractivity contribution in [2.24, 2.45) is 10.7 Å². The topological polar surface area (TPSA) is 62.9 Å². The summed E-state index contributed by atoms with van der Waals surface area (Å²) in [5, 5.41) is 3.29. The van der Waals surface area contributed by atoms with Gasteiger partial charge in [-0.1, -0.05) is 6.92 Å². The van der Waals surface area contributed by atoms with Gasteiger partial charge in [-0.05, 0) is 67.9 Å². The Balaban J connectivity index is 1.52. The van der Waals surface area contributed by atoms with Gasteiger partial charge >= 0.3 is 0 Å².